The molecule has 2 aromatic carbocycles. The lowest BCUT2D eigenvalue weighted by atomic mass is 10.1. The highest BCUT2D eigenvalue weighted by molar-refractivity contribution is 6.10. The predicted molar refractivity (Wildman–Crippen MR) is 116 cm³/mol. The lowest BCUT2D eigenvalue weighted by Crippen LogP contribution is -2.37. The fraction of sp³-hybridized carbons (Fsp3) is 0.261. The number of para-hydroxylation sites is 2. The number of nitrogens with zero attached hydrogens (tertiary/aromatic N) is 1. The molecular weight excluding hydrogens is 382 g/mol. The molecule has 7 heteroatoms. The summed E-state index contributed by atoms with van der Waals surface area (Å²) >= 11 is 0. The normalized spacial score (nSPS) is 13.0. The lowest BCUT2D eigenvalue weighted by Gasteiger charge is -2.22. The van der Waals surface area contributed by atoms with Gasteiger partial charge in [0.2, 0.25) is 5.91 Å². The Kier molecular flexibility index (Phi) is 6.51. The van der Waals surface area contributed by atoms with E-state index in [1.54, 1.807) is 25.1 Å². The molecule has 0 aliphatic carbocycles. The number of fused-ring (bicyclic) bond motifs is 1. The number of amides is 2. The third-order valence-corrected chi connectivity index (χ3v) is 4.50. The summed E-state index contributed by atoms with van der Waals surface area (Å²) in [5, 5.41) is 5.97. The average Bonchev–Trinajstić information content (AvgIpc) is 2.77. The third kappa shape index (κ3) is 5.26. The molecule has 0 fully saturated rings. The third-order valence-electron chi connectivity index (χ3n) is 4.50. The van der Waals surface area contributed by atoms with Gasteiger partial charge in [-0.05, 0) is 56.2 Å². The molecule has 2 aromatic rings. The summed E-state index contributed by atoms with van der Waals surface area (Å²) in [6.07, 6.45) is 1.28. The summed E-state index contributed by atoms with van der Waals surface area (Å²) < 4.78 is 4.98. The molecule has 7 nitrogen and oxygen atoms in total. The van der Waals surface area contributed by atoms with Gasteiger partial charge in [0.15, 0.2) is 0 Å². The molecule has 0 radical (unpaired) electrons. The Balaban J connectivity index is 1.82. The molecule has 1 aliphatic rings. The zero-order valence-corrected chi connectivity index (χ0v) is 17.3. The van der Waals surface area contributed by atoms with E-state index >= 15 is 0 Å². The van der Waals surface area contributed by atoms with Crippen molar-refractivity contribution in [2.45, 2.75) is 27.2 Å². The van der Waals surface area contributed by atoms with Crippen LogP contribution in [-0.4, -0.2) is 30.9 Å². The Hall–Kier alpha value is -3.61. The first kappa shape index (κ1) is 21.1. The second-order valence-electron chi connectivity index (χ2n) is 7.14. The number of benzene rings is 2. The molecule has 156 valence electrons. The number of hydrogen-bond donors (Lipinski definition) is 2. The molecule has 0 bridgehead atoms. The molecule has 0 saturated heterocycles. The summed E-state index contributed by atoms with van der Waals surface area (Å²) in [6.45, 7) is 5.75. The van der Waals surface area contributed by atoms with Gasteiger partial charge in [0.1, 0.15) is 6.54 Å². The summed E-state index contributed by atoms with van der Waals surface area (Å²) in [4.78, 5) is 38.9. The molecule has 0 atom stereocenters. The van der Waals surface area contributed by atoms with E-state index < -0.39 is 5.97 Å². The first-order valence-corrected chi connectivity index (χ1v) is 9.77. The van der Waals surface area contributed by atoms with Gasteiger partial charge in [-0.3, -0.25) is 19.3 Å². The largest absolute Gasteiger partial charge is 0.466 e. The van der Waals surface area contributed by atoms with Crippen LogP contribution in [0.1, 0.15) is 24.5 Å². The summed E-state index contributed by atoms with van der Waals surface area (Å²) in [7, 11) is 0. The van der Waals surface area contributed by atoms with Gasteiger partial charge in [-0.25, -0.2) is 0 Å². The lowest BCUT2D eigenvalue weighted by molar-refractivity contribution is -0.142. The van der Waals surface area contributed by atoms with Crippen LogP contribution in [0.5, 0.6) is 0 Å². The van der Waals surface area contributed by atoms with Crippen LogP contribution in [0.3, 0.4) is 0 Å². The summed E-state index contributed by atoms with van der Waals surface area (Å²) in [6, 6.07) is 12.9. The smallest absolute Gasteiger partial charge is 0.311 e. The second-order valence-corrected chi connectivity index (χ2v) is 7.14. The minimum Gasteiger partial charge on any atom is -0.466 e. The van der Waals surface area contributed by atoms with E-state index in [4.69, 9.17) is 4.74 Å². The standard InChI is InChI=1S/C23H25N3O4/c1-4-30-23(29)13-18-12-22(28)26(20-8-6-5-7-19(20)24-18)14-21(27)25-17-10-15(2)9-16(3)11-17/h5-12,24H,4,13-14H2,1-3H3,(H,25,27). The zero-order valence-electron chi connectivity index (χ0n) is 17.3. The zero-order chi connectivity index (χ0) is 21.7. The van der Waals surface area contributed by atoms with Crippen LogP contribution in [-0.2, 0) is 19.1 Å². The van der Waals surface area contributed by atoms with Crippen molar-refractivity contribution in [3.8, 4) is 0 Å². The minimum absolute atomic E-state index is 0.0590. The molecule has 2 N–H and O–H groups in total. The quantitative estimate of drug-likeness (QED) is 0.715. The van der Waals surface area contributed by atoms with Crippen LogP contribution in [0.2, 0.25) is 0 Å². The van der Waals surface area contributed by atoms with Gasteiger partial charge in [0.05, 0.1) is 24.4 Å². The Morgan fingerprint density at radius 3 is 2.50 bits per heavy atom. The second kappa shape index (κ2) is 9.26. The van der Waals surface area contributed by atoms with Gasteiger partial charge >= 0.3 is 5.97 Å². The Morgan fingerprint density at radius 1 is 1.10 bits per heavy atom. The average molecular weight is 407 g/mol. The van der Waals surface area contributed by atoms with E-state index in [2.05, 4.69) is 10.6 Å². The number of hydrogen-bond acceptors (Lipinski definition) is 5. The van der Waals surface area contributed by atoms with E-state index in [1.165, 1.54) is 11.0 Å². The fourth-order valence-electron chi connectivity index (χ4n) is 3.39. The SMILES string of the molecule is CCOC(=O)CC1=CC(=O)N(CC(=O)Nc2cc(C)cc(C)c2)c2ccccc2N1. The Bertz CT molecular complexity index is 993. The van der Waals surface area contributed by atoms with Crippen molar-refractivity contribution >= 4 is 34.8 Å². The molecule has 0 saturated carbocycles. The maximum absolute atomic E-state index is 12.9. The van der Waals surface area contributed by atoms with E-state index in [0.29, 0.717) is 22.8 Å². The highest BCUT2D eigenvalue weighted by Crippen LogP contribution is 2.30. The van der Waals surface area contributed by atoms with Crippen molar-refractivity contribution in [1.82, 2.24) is 0 Å². The molecule has 0 aromatic heterocycles. The first-order valence-electron chi connectivity index (χ1n) is 9.77. The highest BCUT2D eigenvalue weighted by Gasteiger charge is 2.25. The fourth-order valence-corrected chi connectivity index (χ4v) is 3.39. The van der Waals surface area contributed by atoms with Crippen molar-refractivity contribution in [3.63, 3.8) is 0 Å². The molecule has 1 aliphatic heterocycles. The van der Waals surface area contributed by atoms with E-state index in [-0.39, 0.29) is 31.4 Å². The molecule has 3 rings (SSSR count). The number of rotatable bonds is 6. The molecule has 30 heavy (non-hydrogen) atoms. The number of esters is 1. The van der Waals surface area contributed by atoms with Crippen LogP contribution in [0.25, 0.3) is 0 Å². The number of carbonyl (C=O) groups is 3. The van der Waals surface area contributed by atoms with Crippen LogP contribution < -0.4 is 15.5 Å². The van der Waals surface area contributed by atoms with Crippen molar-refractivity contribution in [1.29, 1.82) is 0 Å². The molecular formula is C23H25N3O4. The number of nitrogens with one attached hydrogen (secondary N) is 2. The van der Waals surface area contributed by atoms with Crippen LogP contribution in [0.15, 0.2) is 54.2 Å². The summed E-state index contributed by atoms with van der Waals surface area (Å²) in [5.74, 6) is -1.13. The van der Waals surface area contributed by atoms with Crippen LogP contribution >= 0.6 is 0 Å². The van der Waals surface area contributed by atoms with Crippen molar-refractivity contribution < 1.29 is 19.1 Å². The van der Waals surface area contributed by atoms with Crippen LogP contribution in [0.4, 0.5) is 17.1 Å². The number of anilines is 3. The van der Waals surface area contributed by atoms with E-state index in [1.807, 2.05) is 38.1 Å². The predicted octanol–water partition coefficient (Wildman–Crippen LogP) is 3.54. The van der Waals surface area contributed by atoms with Gasteiger partial charge in [0.25, 0.3) is 5.91 Å². The minimum atomic E-state index is -0.428. The maximum Gasteiger partial charge on any atom is 0.311 e. The number of carbonyl (C=O) groups excluding carboxylic acids is 3. The number of aryl methyl sites for hydroxylation is 2. The van der Waals surface area contributed by atoms with Gasteiger partial charge in [-0.2, -0.15) is 0 Å². The Labute approximate surface area is 175 Å². The summed E-state index contributed by atoms with van der Waals surface area (Å²) in [5.41, 5.74) is 4.38. The van der Waals surface area contributed by atoms with E-state index in [9.17, 15) is 14.4 Å². The molecule has 1 heterocycles. The molecule has 2 amide bonds. The van der Waals surface area contributed by atoms with Crippen LogP contribution in [0, 0.1) is 13.8 Å². The van der Waals surface area contributed by atoms with E-state index in [0.717, 1.165) is 11.1 Å². The van der Waals surface area contributed by atoms with Gasteiger partial charge in [0, 0.05) is 17.5 Å². The highest BCUT2D eigenvalue weighted by atomic mass is 16.5. The molecule has 0 unspecified atom stereocenters. The van der Waals surface area contributed by atoms with Crippen molar-refractivity contribution in [2.24, 2.45) is 0 Å². The topological polar surface area (TPSA) is 87.7 Å². The van der Waals surface area contributed by atoms with Crippen molar-refractivity contribution in [2.75, 3.05) is 28.7 Å². The Morgan fingerprint density at radius 2 is 1.80 bits per heavy atom. The maximum atomic E-state index is 12.9. The molecule has 0 spiro atoms. The first-order chi connectivity index (χ1) is 14.4. The van der Waals surface area contributed by atoms with Crippen molar-refractivity contribution in [3.05, 3.63) is 65.4 Å². The van der Waals surface area contributed by atoms with Gasteiger partial charge < -0.3 is 15.4 Å². The monoisotopic (exact) mass is 407 g/mol. The van der Waals surface area contributed by atoms with Gasteiger partial charge in [-0.15, -0.1) is 0 Å². The number of ether oxygens (including phenoxy) is 1. The van der Waals surface area contributed by atoms with Gasteiger partial charge in [-0.1, -0.05) is 18.2 Å².